The molecule has 0 N–H and O–H groups in total. The van der Waals surface area contributed by atoms with Crippen LogP contribution in [0.25, 0.3) is 22.3 Å². The number of nitrogens with zero attached hydrogens (tertiary/aromatic N) is 6. The second kappa shape index (κ2) is 14.6. The normalized spacial score (nSPS) is 16.8. The van der Waals surface area contributed by atoms with Gasteiger partial charge >= 0.3 is 12.1 Å². The summed E-state index contributed by atoms with van der Waals surface area (Å²) in [5, 5.41) is 8.39. The molecule has 2 unspecified atom stereocenters. The number of hydrogen-bond acceptors (Lipinski definition) is 6. The van der Waals surface area contributed by atoms with E-state index in [9.17, 15) is 9.59 Å². The molecule has 10 nitrogen and oxygen atoms in total. The van der Waals surface area contributed by atoms with E-state index in [-0.39, 0.29) is 24.1 Å². The monoisotopic (exact) mass is 734 g/mol. The highest BCUT2D eigenvalue weighted by atomic mass is 16.5. The molecule has 0 fully saturated rings. The van der Waals surface area contributed by atoms with Gasteiger partial charge in [0.15, 0.2) is 0 Å². The van der Waals surface area contributed by atoms with Crippen LogP contribution in [0.2, 0.25) is 0 Å². The van der Waals surface area contributed by atoms with Gasteiger partial charge in [0.2, 0.25) is 0 Å². The molecule has 280 valence electrons. The van der Waals surface area contributed by atoms with Crippen molar-refractivity contribution in [2.24, 2.45) is 0 Å². The first-order chi connectivity index (χ1) is 26.6. The number of aryl methyl sites for hydroxylation is 4. The van der Waals surface area contributed by atoms with Crippen molar-refractivity contribution in [3.63, 3.8) is 0 Å². The zero-order valence-corrected chi connectivity index (χ0v) is 32.2. The van der Waals surface area contributed by atoms with E-state index in [1.807, 2.05) is 112 Å². The number of anilines is 2. The van der Waals surface area contributed by atoms with Gasteiger partial charge in [0, 0.05) is 49.4 Å². The molecule has 0 bridgehead atoms. The first kappa shape index (κ1) is 35.8. The van der Waals surface area contributed by atoms with Crippen molar-refractivity contribution in [3.05, 3.63) is 142 Å². The van der Waals surface area contributed by atoms with Gasteiger partial charge in [-0.2, -0.15) is 0 Å². The minimum atomic E-state index is -0.261. The molecule has 2 aromatic heterocycles. The van der Waals surface area contributed by atoms with Gasteiger partial charge in [-0.25, -0.2) is 9.59 Å². The molecule has 2 aliphatic rings. The van der Waals surface area contributed by atoms with E-state index < -0.39 is 0 Å². The third kappa shape index (κ3) is 6.35. The fraction of sp³-hybridized carbons (Fsp3) is 0.289. The van der Waals surface area contributed by atoms with Crippen LogP contribution in [0.5, 0.6) is 0 Å². The van der Waals surface area contributed by atoms with Crippen molar-refractivity contribution >= 4 is 23.4 Å². The Morgan fingerprint density at radius 1 is 0.545 bits per heavy atom. The Balaban J connectivity index is 1.05. The molecule has 0 spiro atoms. The number of hydrogen-bond donors (Lipinski definition) is 0. The second-order valence-electron chi connectivity index (χ2n) is 14.7. The van der Waals surface area contributed by atoms with Crippen molar-refractivity contribution < 1.29 is 18.6 Å². The summed E-state index contributed by atoms with van der Waals surface area (Å²) >= 11 is 0. The summed E-state index contributed by atoms with van der Waals surface area (Å²) in [4.78, 5) is 35.7. The number of unbranched alkanes of at least 4 members (excludes halogenated alkanes) is 2. The quantitative estimate of drug-likeness (QED) is 0.130. The molecule has 2 aliphatic heterocycles. The first-order valence-electron chi connectivity index (χ1n) is 19.0. The Hall–Kier alpha value is -6.16. The molecule has 4 heterocycles. The highest BCUT2D eigenvalue weighted by Crippen LogP contribution is 2.45. The molecular weight excluding hydrogens is 689 g/mol. The zero-order chi connectivity index (χ0) is 38.4. The summed E-state index contributed by atoms with van der Waals surface area (Å²) in [7, 11) is 3.70. The molecule has 10 heteroatoms. The highest BCUT2D eigenvalue weighted by molar-refractivity contribution is 5.97. The van der Waals surface area contributed by atoms with Gasteiger partial charge in [-0.15, -0.1) is 0 Å². The average molecular weight is 735 g/mol. The largest absolute Gasteiger partial charge is 0.361 e. The van der Waals surface area contributed by atoms with E-state index in [0.29, 0.717) is 13.1 Å². The van der Waals surface area contributed by atoms with Gasteiger partial charge < -0.3 is 18.8 Å². The second-order valence-corrected chi connectivity index (χ2v) is 14.7. The van der Waals surface area contributed by atoms with Crippen molar-refractivity contribution in [2.45, 2.75) is 59.0 Å². The molecule has 4 aromatic carbocycles. The van der Waals surface area contributed by atoms with Gasteiger partial charge in [0.25, 0.3) is 0 Å². The maximum atomic E-state index is 14.1. The number of carbonyl (C=O) groups excluding carboxylic acids is 2. The summed E-state index contributed by atoms with van der Waals surface area (Å²) < 4.78 is 11.0. The van der Waals surface area contributed by atoms with E-state index in [4.69, 9.17) is 9.05 Å². The standard InChI is InChI=1S/C45H46N6O4/c1-28-40(30(3)54-46-28)34-20-22-38-36(26-34)42(32-16-10-7-11-17-32)50(44(52)48(38)5)24-14-9-15-25-51-43(33-18-12-8-13-19-33)37-27-35(41-29(2)47-55-31(41)4)21-23-39(37)49(6)45(51)53/h7-8,10-13,16-23,26-27,42-43H,9,14-15,24-25H2,1-6H3. The third-order valence-corrected chi connectivity index (χ3v) is 11.2. The number of benzene rings is 4. The van der Waals surface area contributed by atoms with E-state index in [0.717, 1.165) is 98.1 Å². The highest BCUT2D eigenvalue weighted by Gasteiger charge is 2.39. The number of amides is 4. The fourth-order valence-electron chi connectivity index (χ4n) is 8.59. The maximum absolute atomic E-state index is 14.1. The topological polar surface area (TPSA) is 99.2 Å². The number of aromatic nitrogens is 2. The van der Waals surface area contributed by atoms with Crippen LogP contribution >= 0.6 is 0 Å². The van der Waals surface area contributed by atoms with Crippen molar-refractivity contribution in [2.75, 3.05) is 37.0 Å². The maximum Gasteiger partial charge on any atom is 0.325 e. The molecule has 4 amide bonds. The lowest BCUT2D eigenvalue weighted by atomic mass is 9.89. The molecule has 0 aliphatic carbocycles. The summed E-state index contributed by atoms with van der Waals surface area (Å²) in [5.41, 5.74) is 11.7. The molecular formula is C45H46N6O4. The van der Waals surface area contributed by atoms with E-state index in [2.05, 4.69) is 46.7 Å². The van der Waals surface area contributed by atoms with Crippen molar-refractivity contribution in [1.29, 1.82) is 0 Å². The molecule has 8 rings (SSSR count). The molecule has 2 atom stereocenters. The molecule has 6 aromatic rings. The van der Waals surface area contributed by atoms with E-state index >= 15 is 0 Å². The van der Waals surface area contributed by atoms with Crippen molar-refractivity contribution in [3.8, 4) is 22.3 Å². The molecule has 0 saturated heterocycles. The minimum absolute atomic E-state index is 0.0332. The molecule has 0 radical (unpaired) electrons. The summed E-state index contributed by atoms with van der Waals surface area (Å²) in [6.07, 6.45) is 2.40. The van der Waals surface area contributed by atoms with Crippen LogP contribution in [0.1, 0.15) is 76.5 Å². The molecule has 0 saturated carbocycles. The van der Waals surface area contributed by atoms with Gasteiger partial charge in [-0.3, -0.25) is 9.80 Å². The predicted molar refractivity (Wildman–Crippen MR) is 214 cm³/mol. The lowest BCUT2D eigenvalue weighted by Gasteiger charge is -2.42. The Morgan fingerprint density at radius 3 is 1.31 bits per heavy atom. The number of rotatable bonds is 10. The average Bonchev–Trinajstić information content (AvgIpc) is 3.73. The number of urea groups is 2. The summed E-state index contributed by atoms with van der Waals surface area (Å²) in [6.45, 7) is 8.90. The Bertz CT molecular complexity index is 2160. The Labute approximate surface area is 321 Å². The van der Waals surface area contributed by atoms with E-state index in [1.54, 1.807) is 9.80 Å². The Morgan fingerprint density at radius 2 is 0.945 bits per heavy atom. The summed E-state index contributed by atoms with van der Waals surface area (Å²) in [5.74, 6) is 1.53. The van der Waals surface area contributed by atoms with Crippen LogP contribution in [-0.4, -0.2) is 59.4 Å². The number of carbonyl (C=O) groups is 2. The lowest BCUT2D eigenvalue weighted by molar-refractivity contribution is 0.181. The van der Waals surface area contributed by atoms with Crippen LogP contribution in [-0.2, 0) is 0 Å². The lowest BCUT2D eigenvalue weighted by Crippen LogP contribution is -2.49. The van der Waals surface area contributed by atoms with Gasteiger partial charge in [0.1, 0.15) is 11.5 Å². The van der Waals surface area contributed by atoms with E-state index in [1.165, 1.54) is 0 Å². The Kier molecular flexibility index (Phi) is 9.50. The third-order valence-electron chi connectivity index (χ3n) is 11.2. The first-order valence-corrected chi connectivity index (χ1v) is 19.0. The SMILES string of the molecule is Cc1noc(C)c1-c1ccc2c(c1)C(c1ccccc1)N(CCCCCN1C(=O)N(C)c3ccc(-c4c(C)noc4C)cc3C1c1ccccc1)C(=O)N2C. The number of fused-ring (bicyclic) bond motifs is 2. The van der Waals surface area contributed by atoms with Crippen molar-refractivity contribution in [1.82, 2.24) is 20.1 Å². The van der Waals surface area contributed by atoms with Gasteiger partial charge in [0.05, 0.1) is 34.8 Å². The van der Waals surface area contributed by atoms with Crippen LogP contribution in [0.3, 0.4) is 0 Å². The summed E-state index contributed by atoms with van der Waals surface area (Å²) in [6, 6.07) is 32.5. The van der Waals surface area contributed by atoms with Crippen LogP contribution < -0.4 is 9.80 Å². The predicted octanol–water partition coefficient (Wildman–Crippen LogP) is 10.0. The smallest absolute Gasteiger partial charge is 0.325 e. The fourth-order valence-corrected chi connectivity index (χ4v) is 8.59. The van der Waals surface area contributed by atoms with Gasteiger partial charge in [-0.1, -0.05) is 83.1 Å². The molecule has 55 heavy (non-hydrogen) atoms. The van der Waals surface area contributed by atoms with Crippen LogP contribution in [0.4, 0.5) is 21.0 Å². The minimum Gasteiger partial charge on any atom is -0.361 e. The van der Waals surface area contributed by atoms with Crippen LogP contribution in [0.15, 0.2) is 106 Å². The van der Waals surface area contributed by atoms with Crippen LogP contribution in [0, 0.1) is 27.7 Å². The van der Waals surface area contributed by atoms with Gasteiger partial charge in [-0.05, 0) is 93.5 Å². The zero-order valence-electron chi connectivity index (χ0n) is 32.2.